The van der Waals surface area contributed by atoms with E-state index in [9.17, 15) is 0 Å². The first-order valence-corrected chi connectivity index (χ1v) is 11.2. The lowest BCUT2D eigenvalue weighted by Gasteiger charge is -2.35. The number of hydrogen-bond acceptors (Lipinski definition) is 5. The zero-order valence-electron chi connectivity index (χ0n) is 18.0. The predicted molar refractivity (Wildman–Crippen MR) is 135 cm³/mol. The molecule has 158 valence electrons. The highest BCUT2D eigenvalue weighted by Crippen LogP contribution is 2.44. The fraction of sp³-hybridized carbons (Fsp3) is 0.269. The molecule has 5 heteroatoms. The number of hydrogen-bond donors (Lipinski definition) is 4. The minimum absolute atomic E-state index is 0.00407. The van der Waals surface area contributed by atoms with Crippen molar-refractivity contribution in [1.29, 1.82) is 5.41 Å². The summed E-state index contributed by atoms with van der Waals surface area (Å²) < 4.78 is 6.36. The molecule has 4 rings (SSSR count). The van der Waals surface area contributed by atoms with Gasteiger partial charge in [0.05, 0.1) is 20.8 Å². The summed E-state index contributed by atoms with van der Waals surface area (Å²) in [5.74, 6) is 3.15. The van der Waals surface area contributed by atoms with Crippen molar-refractivity contribution in [3.05, 3.63) is 58.5 Å². The lowest BCUT2D eigenvalue weighted by Crippen LogP contribution is -2.35. The molecule has 0 saturated carbocycles. The number of benzene rings is 2. The predicted octanol–water partition coefficient (Wildman–Crippen LogP) is 6.41. The second-order valence-electron chi connectivity index (χ2n) is 8.72. The molecule has 0 radical (unpaired) electrons. The summed E-state index contributed by atoms with van der Waals surface area (Å²) in [6.07, 6.45) is 13.9. The fourth-order valence-corrected chi connectivity index (χ4v) is 4.71. The van der Waals surface area contributed by atoms with Crippen molar-refractivity contribution in [2.45, 2.75) is 55.4 Å². The molecule has 1 aromatic rings. The molecule has 1 aliphatic carbocycles. The Hall–Kier alpha value is -2.55. The molecule has 1 aromatic carbocycles. The van der Waals surface area contributed by atoms with Gasteiger partial charge in [0.2, 0.25) is 0 Å². The van der Waals surface area contributed by atoms with Crippen molar-refractivity contribution in [2.75, 3.05) is 5.32 Å². The molecule has 0 amide bonds. The van der Waals surface area contributed by atoms with Crippen molar-refractivity contribution in [3.63, 3.8) is 0 Å². The van der Waals surface area contributed by atoms with E-state index in [0.29, 0.717) is 22.4 Å². The molecule has 0 atom stereocenters. The Morgan fingerprint density at radius 1 is 1.32 bits per heavy atom. The van der Waals surface area contributed by atoms with Crippen LogP contribution in [0.5, 0.6) is 0 Å². The SMILES string of the molecule is C#C/C=C\C(C)=C/Cc1c2ccc(=N)c(S)c-2oc2c(S)c3c(cc12)CCC(C)(C)N3. The summed E-state index contributed by atoms with van der Waals surface area (Å²) in [6.45, 7) is 6.44. The molecule has 3 aliphatic rings. The second-order valence-corrected chi connectivity index (χ2v) is 9.61. The molecule has 0 saturated heterocycles. The van der Waals surface area contributed by atoms with Crippen LogP contribution in [0.4, 0.5) is 5.69 Å². The average molecular weight is 447 g/mol. The summed E-state index contributed by atoms with van der Waals surface area (Å²) in [5.41, 5.74) is 6.22. The minimum Gasteiger partial charge on any atom is -0.454 e. The molecule has 0 fully saturated rings. The number of anilines is 1. The maximum Gasteiger partial charge on any atom is 0.150 e. The zero-order valence-corrected chi connectivity index (χ0v) is 19.8. The van der Waals surface area contributed by atoms with Crippen molar-refractivity contribution in [2.24, 2.45) is 0 Å². The van der Waals surface area contributed by atoms with Gasteiger partial charge in [-0.25, -0.2) is 0 Å². The second kappa shape index (κ2) is 8.18. The van der Waals surface area contributed by atoms with Gasteiger partial charge >= 0.3 is 0 Å². The lowest BCUT2D eigenvalue weighted by molar-refractivity contribution is 0.499. The smallest absolute Gasteiger partial charge is 0.150 e. The monoisotopic (exact) mass is 446 g/mol. The number of allylic oxidation sites excluding steroid dienone is 4. The summed E-state index contributed by atoms with van der Waals surface area (Å²) in [7, 11) is 0. The van der Waals surface area contributed by atoms with Gasteiger partial charge in [0, 0.05) is 16.5 Å². The summed E-state index contributed by atoms with van der Waals surface area (Å²) in [6, 6.07) is 5.96. The first kappa shape index (κ1) is 21.7. The van der Waals surface area contributed by atoms with Gasteiger partial charge < -0.3 is 9.73 Å². The van der Waals surface area contributed by atoms with Crippen LogP contribution < -0.4 is 10.7 Å². The van der Waals surface area contributed by atoms with Crippen LogP contribution in [0.15, 0.2) is 56.2 Å². The van der Waals surface area contributed by atoms with Gasteiger partial charge in [0.25, 0.3) is 0 Å². The molecule has 3 nitrogen and oxygen atoms in total. The van der Waals surface area contributed by atoms with Crippen molar-refractivity contribution in [3.8, 4) is 23.7 Å². The maximum atomic E-state index is 8.18. The number of nitrogens with one attached hydrogen (secondary N) is 2. The Morgan fingerprint density at radius 3 is 2.84 bits per heavy atom. The van der Waals surface area contributed by atoms with Gasteiger partial charge in [-0.2, -0.15) is 0 Å². The van der Waals surface area contributed by atoms with E-state index in [1.807, 2.05) is 19.1 Å². The van der Waals surface area contributed by atoms with Crippen molar-refractivity contribution in [1.82, 2.24) is 0 Å². The summed E-state index contributed by atoms with van der Waals surface area (Å²) in [4.78, 5) is 1.34. The highest BCUT2D eigenvalue weighted by atomic mass is 32.1. The first-order chi connectivity index (χ1) is 14.7. The summed E-state index contributed by atoms with van der Waals surface area (Å²) in [5, 5.41) is 13.2. The number of terminal acetylenes is 1. The van der Waals surface area contributed by atoms with Gasteiger partial charge in [-0.05, 0) is 75.4 Å². The van der Waals surface area contributed by atoms with Crippen LogP contribution in [0.3, 0.4) is 0 Å². The quantitative estimate of drug-likeness (QED) is 0.163. The lowest BCUT2D eigenvalue weighted by atomic mass is 9.87. The van der Waals surface area contributed by atoms with E-state index >= 15 is 0 Å². The molecule has 2 aliphatic heterocycles. The molecular weight excluding hydrogens is 420 g/mol. The van der Waals surface area contributed by atoms with Gasteiger partial charge in [-0.15, -0.1) is 31.7 Å². The van der Waals surface area contributed by atoms with Crippen LogP contribution in [0.1, 0.15) is 38.3 Å². The van der Waals surface area contributed by atoms with Gasteiger partial charge in [-0.3, -0.25) is 5.41 Å². The van der Waals surface area contributed by atoms with Crippen LogP contribution >= 0.6 is 25.3 Å². The Kier molecular flexibility index (Phi) is 5.72. The molecule has 0 spiro atoms. The third-order valence-corrected chi connectivity index (χ3v) is 6.75. The van der Waals surface area contributed by atoms with E-state index in [2.05, 4.69) is 49.9 Å². The van der Waals surface area contributed by atoms with Gasteiger partial charge in [0.15, 0.2) is 5.76 Å². The number of rotatable bonds is 3. The maximum absolute atomic E-state index is 8.18. The molecule has 0 aromatic heterocycles. The molecule has 31 heavy (non-hydrogen) atoms. The number of aryl methyl sites for hydroxylation is 1. The minimum atomic E-state index is 0.00407. The molecular formula is C26H26N2OS2. The zero-order chi connectivity index (χ0) is 22.3. The number of fused-ring (bicyclic) bond motifs is 3. The standard InChI is InChI=1S/C26H26N2OS2/c1-5-6-7-15(2)8-9-17-18-10-11-20(27)24(30)22(18)29-23-19(17)14-16-12-13-26(3,4)28-21(16)25(23)31/h1,6-8,10-11,14,27-28,30-31H,9,12-13H2,2-4H3/b7-6-,15-8-,27-20?. The van der Waals surface area contributed by atoms with Gasteiger partial charge in [0.1, 0.15) is 5.58 Å². The highest BCUT2D eigenvalue weighted by molar-refractivity contribution is 7.80. The molecule has 2 N–H and O–H groups in total. The number of thiol groups is 2. The van der Waals surface area contributed by atoms with Crippen LogP contribution in [-0.2, 0) is 12.8 Å². The van der Waals surface area contributed by atoms with E-state index in [-0.39, 0.29) is 5.54 Å². The van der Waals surface area contributed by atoms with E-state index in [4.69, 9.17) is 28.9 Å². The fourth-order valence-electron chi connectivity index (χ4n) is 4.11. The Labute approximate surface area is 194 Å². The third-order valence-electron chi connectivity index (χ3n) is 5.88. The average Bonchev–Trinajstić information content (AvgIpc) is 2.73. The van der Waals surface area contributed by atoms with Crippen LogP contribution in [0.25, 0.3) is 22.3 Å². The summed E-state index contributed by atoms with van der Waals surface area (Å²) >= 11 is 9.47. The first-order valence-electron chi connectivity index (χ1n) is 10.3. The van der Waals surface area contributed by atoms with Crippen LogP contribution in [-0.4, -0.2) is 5.54 Å². The van der Waals surface area contributed by atoms with Crippen molar-refractivity contribution >= 4 is 41.9 Å². The Morgan fingerprint density at radius 2 is 2.10 bits per heavy atom. The molecule has 0 unspecified atom stereocenters. The van der Waals surface area contributed by atoms with E-state index < -0.39 is 0 Å². The van der Waals surface area contributed by atoms with Crippen LogP contribution in [0.2, 0.25) is 0 Å². The highest BCUT2D eigenvalue weighted by Gasteiger charge is 2.28. The Bertz CT molecular complexity index is 1320. The van der Waals surface area contributed by atoms with E-state index in [0.717, 1.165) is 51.1 Å². The van der Waals surface area contributed by atoms with Crippen LogP contribution in [0, 0.1) is 17.8 Å². The third kappa shape index (κ3) is 4.03. The molecule has 2 heterocycles. The van der Waals surface area contributed by atoms with Gasteiger partial charge in [-0.1, -0.05) is 23.6 Å². The Balaban J connectivity index is 2.02. The molecule has 0 bridgehead atoms. The topological polar surface area (TPSA) is 49.0 Å². The van der Waals surface area contributed by atoms with E-state index in [1.165, 1.54) is 5.56 Å². The van der Waals surface area contributed by atoms with Crippen molar-refractivity contribution < 1.29 is 4.42 Å². The normalized spacial score (nSPS) is 15.8. The largest absolute Gasteiger partial charge is 0.454 e. The van der Waals surface area contributed by atoms with E-state index in [1.54, 1.807) is 12.1 Å².